The molecule has 0 amide bonds. The molecule has 2 unspecified atom stereocenters. The molecule has 3 rings (SSSR count). The Morgan fingerprint density at radius 2 is 2.22 bits per heavy atom. The monoisotopic (exact) mass is 248 g/mol. The minimum absolute atomic E-state index is 0.251. The molecule has 100 valence electrons. The molecule has 1 saturated heterocycles. The maximum Gasteiger partial charge on any atom is 0.0754 e. The highest BCUT2D eigenvalue weighted by Crippen LogP contribution is 2.31. The molecule has 2 atom stereocenters. The van der Waals surface area contributed by atoms with E-state index in [1.807, 2.05) is 0 Å². The molecule has 1 aliphatic carbocycles. The lowest BCUT2D eigenvalue weighted by Gasteiger charge is -2.26. The molecule has 18 heavy (non-hydrogen) atoms. The zero-order valence-electron chi connectivity index (χ0n) is 11.3. The van der Waals surface area contributed by atoms with E-state index in [1.165, 1.54) is 49.1 Å². The predicted molar refractivity (Wildman–Crippen MR) is 72.6 cm³/mol. The summed E-state index contributed by atoms with van der Waals surface area (Å²) in [4.78, 5) is 0. The maximum atomic E-state index is 6.22. The summed E-state index contributed by atoms with van der Waals surface area (Å²) in [6, 6.07) is 2.54. The van der Waals surface area contributed by atoms with E-state index >= 15 is 0 Å². The van der Waals surface area contributed by atoms with Crippen molar-refractivity contribution in [1.29, 1.82) is 0 Å². The van der Waals surface area contributed by atoms with Crippen molar-refractivity contribution in [2.24, 2.45) is 5.73 Å². The van der Waals surface area contributed by atoms with E-state index in [-0.39, 0.29) is 6.04 Å². The molecule has 2 N–H and O–H groups in total. The van der Waals surface area contributed by atoms with Gasteiger partial charge in [-0.25, -0.2) is 0 Å². The Bertz CT molecular complexity index is 418. The Morgan fingerprint density at radius 1 is 1.33 bits per heavy atom. The number of aryl methyl sites for hydroxylation is 1. The molecule has 0 radical (unpaired) electrons. The molecule has 2 aliphatic rings. The van der Waals surface area contributed by atoms with Crippen LogP contribution in [0.2, 0.25) is 0 Å². The predicted octanol–water partition coefficient (Wildman–Crippen LogP) is 2.70. The molecule has 0 saturated carbocycles. The molecule has 1 fully saturated rings. The van der Waals surface area contributed by atoms with Gasteiger partial charge in [-0.3, -0.25) is 0 Å². The Hall–Kier alpha value is -0.800. The van der Waals surface area contributed by atoms with E-state index in [1.54, 1.807) is 0 Å². The number of hydrogen-bond donors (Lipinski definition) is 1. The van der Waals surface area contributed by atoms with Crippen molar-refractivity contribution in [1.82, 2.24) is 4.57 Å². The first kappa shape index (κ1) is 12.2. The average molecular weight is 248 g/mol. The highest BCUT2D eigenvalue weighted by molar-refractivity contribution is 5.32. The minimum Gasteiger partial charge on any atom is -0.376 e. The molecule has 2 heterocycles. The summed E-state index contributed by atoms with van der Waals surface area (Å²) in [7, 11) is 0. The van der Waals surface area contributed by atoms with Gasteiger partial charge in [0, 0.05) is 30.6 Å². The summed E-state index contributed by atoms with van der Waals surface area (Å²) >= 11 is 0. The van der Waals surface area contributed by atoms with E-state index in [0.29, 0.717) is 6.10 Å². The minimum atomic E-state index is 0.251. The summed E-state index contributed by atoms with van der Waals surface area (Å²) in [6.45, 7) is 4.16. The number of rotatable bonds is 2. The van der Waals surface area contributed by atoms with Gasteiger partial charge in [-0.05, 0) is 57.1 Å². The number of nitrogens with two attached hydrogens (primary N) is 1. The van der Waals surface area contributed by atoms with Crippen LogP contribution in [0, 0.1) is 6.92 Å². The van der Waals surface area contributed by atoms with Crippen molar-refractivity contribution in [2.45, 2.75) is 64.1 Å². The fourth-order valence-electron chi connectivity index (χ4n) is 3.41. The van der Waals surface area contributed by atoms with E-state index in [4.69, 9.17) is 10.5 Å². The zero-order valence-corrected chi connectivity index (χ0v) is 11.3. The second-order valence-corrected chi connectivity index (χ2v) is 5.79. The van der Waals surface area contributed by atoms with Crippen LogP contribution in [0.3, 0.4) is 0 Å². The van der Waals surface area contributed by atoms with Crippen LogP contribution in [0.5, 0.6) is 0 Å². The lowest BCUT2D eigenvalue weighted by molar-refractivity contribution is 0.00526. The summed E-state index contributed by atoms with van der Waals surface area (Å²) in [5.74, 6) is 0. The van der Waals surface area contributed by atoms with Crippen LogP contribution in [0.15, 0.2) is 6.07 Å². The first-order valence-corrected chi connectivity index (χ1v) is 7.32. The zero-order chi connectivity index (χ0) is 12.5. The van der Waals surface area contributed by atoms with Crippen LogP contribution >= 0.6 is 0 Å². The highest BCUT2D eigenvalue weighted by atomic mass is 16.5. The maximum absolute atomic E-state index is 6.22. The third kappa shape index (κ3) is 2.21. The van der Waals surface area contributed by atoms with Crippen molar-refractivity contribution in [3.8, 4) is 0 Å². The molecule has 3 nitrogen and oxygen atoms in total. The Kier molecular flexibility index (Phi) is 3.44. The standard InChI is InChI=1S/C15H24N2O/c1-11-9-13-14(16)6-4-7-15(13)17(11)10-12-5-2-3-8-18-12/h9,12,14H,2-8,10,16H2,1H3. The molecule has 1 aliphatic heterocycles. The fraction of sp³-hybridized carbons (Fsp3) is 0.733. The first-order valence-electron chi connectivity index (χ1n) is 7.32. The van der Waals surface area contributed by atoms with Gasteiger partial charge in [0.15, 0.2) is 0 Å². The molecule has 1 aromatic heterocycles. The summed E-state index contributed by atoms with van der Waals surface area (Å²) in [6.07, 6.45) is 7.70. The van der Waals surface area contributed by atoms with Crippen LogP contribution in [0.1, 0.15) is 55.1 Å². The van der Waals surface area contributed by atoms with E-state index < -0.39 is 0 Å². The topological polar surface area (TPSA) is 40.2 Å². The molecular formula is C15H24N2O. The largest absolute Gasteiger partial charge is 0.376 e. The molecule has 0 bridgehead atoms. The summed E-state index contributed by atoms with van der Waals surface area (Å²) in [5.41, 5.74) is 10.4. The fourth-order valence-corrected chi connectivity index (χ4v) is 3.41. The second kappa shape index (κ2) is 5.06. The molecule has 0 spiro atoms. The summed E-state index contributed by atoms with van der Waals surface area (Å²) < 4.78 is 8.33. The SMILES string of the molecule is Cc1cc2c(n1CC1CCCCO1)CCCC2N. The van der Waals surface area contributed by atoms with Gasteiger partial charge in [0.2, 0.25) is 0 Å². The van der Waals surface area contributed by atoms with E-state index in [0.717, 1.165) is 19.6 Å². The lowest BCUT2D eigenvalue weighted by atomic mass is 9.93. The number of ether oxygens (including phenoxy) is 1. The van der Waals surface area contributed by atoms with Gasteiger partial charge in [-0.1, -0.05) is 0 Å². The number of hydrogen-bond acceptors (Lipinski definition) is 2. The highest BCUT2D eigenvalue weighted by Gasteiger charge is 2.24. The second-order valence-electron chi connectivity index (χ2n) is 5.79. The molecular weight excluding hydrogens is 224 g/mol. The van der Waals surface area contributed by atoms with Gasteiger partial charge in [-0.15, -0.1) is 0 Å². The van der Waals surface area contributed by atoms with Crippen LogP contribution < -0.4 is 5.73 Å². The van der Waals surface area contributed by atoms with Gasteiger partial charge < -0.3 is 15.0 Å². The van der Waals surface area contributed by atoms with Crippen LogP contribution in [0.4, 0.5) is 0 Å². The van der Waals surface area contributed by atoms with Crippen molar-refractivity contribution < 1.29 is 4.74 Å². The number of nitrogens with zero attached hydrogens (tertiary/aromatic N) is 1. The van der Waals surface area contributed by atoms with Crippen molar-refractivity contribution >= 4 is 0 Å². The van der Waals surface area contributed by atoms with Crippen molar-refractivity contribution in [3.05, 3.63) is 23.0 Å². The Balaban J connectivity index is 1.82. The van der Waals surface area contributed by atoms with Crippen molar-refractivity contribution in [2.75, 3.05) is 6.61 Å². The number of aromatic nitrogens is 1. The van der Waals surface area contributed by atoms with Crippen LogP contribution in [0.25, 0.3) is 0 Å². The summed E-state index contributed by atoms with van der Waals surface area (Å²) in [5, 5.41) is 0. The van der Waals surface area contributed by atoms with Gasteiger partial charge in [0.25, 0.3) is 0 Å². The Labute approximate surface area is 109 Å². The average Bonchev–Trinajstić information content (AvgIpc) is 2.70. The van der Waals surface area contributed by atoms with E-state index in [2.05, 4.69) is 17.6 Å². The smallest absolute Gasteiger partial charge is 0.0754 e. The van der Waals surface area contributed by atoms with Crippen LogP contribution in [-0.2, 0) is 17.7 Å². The Morgan fingerprint density at radius 3 is 3.00 bits per heavy atom. The number of fused-ring (bicyclic) bond motifs is 1. The third-order valence-corrected chi connectivity index (χ3v) is 4.44. The van der Waals surface area contributed by atoms with Gasteiger partial charge >= 0.3 is 0 Å². The quantitative estimate of drug-likeness (QED) is 0.874. The van der Waals surface area contributed by atoms with E-state index in [9.17, 15) is 0 Å². The van der Waals surface area contributed by atoms with Gasteiger partial charge in [0.05, 0.1) is 6.10 Å². The molecule has 3 heteroatoms. The lowest BCUT2D eigenvalue weighted by Crippen LogP contribution is -2.27. The van der Waals surface area contributed by atoms with Crippen molar-refractivity contribution in [3.63, 3.8) is 0 Å². The first-order chi connectivity index (χ1) is 8.75. The molecule has 1 aromatic rings. The third-order valence-electron chi connectivity index (χ3n) is 4.44. The van der Waals surface area contributed by atoms with Gasteiger partial charge in [0.1, 0.15) is 0 Å². The molecule has 0 aromatic carbocycles. The van der Waals surface area contributed by atoms with Gasteiger partial charge in [-0.2, -0.15) is 0 Å². The van der Waals surface area contributed by atoms with Crippen LogP contribution in [-0.4, -0.2) is 17.3 Å². The normalized spacial score (nSPS) is 28.1.